The monoisotopic (exact) mass is 352 g/mol. The van der Waals surface area contributed by atoms with Gasteiger partial charge in [-0.2, -0.15) is 0 Å². The first-order chi connectivity index (χ1) is 11.4. The molecule has 2 aromatic carbocycles. The maximum Gasteiger partial charge on any atom is 0.226 e. The van der Waals surface area contributed by atoms with Crippen LogP contribution in [0, 0.1) is 11.6 Å². The number of benzene rings is 2. The lowest BCUT2D eigenvalue weighted by atomic mass is 10.2. The summed E-state index contributed by atoms with van der Waals surface area (Å²) < 4.78 is 26.4. The fraction of sp³-hybridized carbons (Fsp3) is 0.176. The lowest BCUT2D eigenvalue weighted by Crippen LogP contribution is -2.32. The second-order valence-corrected chi connectivity index (χ2v) is 5.48. The molecule has 2 amide bonds. The van der Waals surface area contributed by atoms with E-state index in [0.717, 1.165) is 6.07 Å². The predicted molar refractivity (Wildman–Crippen MR) is 89.1 cm³/mol. The molecule has 4 nitrogen and oxygen atoms in total. The van der Waals surface area contributed by atoms with Crippen molar-refractivity contribution in [2.75, 3.05) is 16.8 Å². The van der Waals surface area contributed by atoms with Crippen LogP contribution in [-0.2, 0) is 9.59 Å². The molecular formula is C17H15ClF2N2O2. The van der Waals surface area contributed by atoms with E-state index in [1.54, 1.807) is 6.07 Å². The quantitative estimate of drug-likeness (QED) is 0.884. The van der Waals surface area contributed by atoms with Crippen molar-refractivity contribution in [1.82, 2.24) is 0 Å². The Balaban J connectivity index is 2.00. The topological polar surface area (TPSA) is 49.4 Å². The van der Waals surface area contributed by atoms with Gasteiger partial charge in [-0.15, -0.1) is 0 Å². The Bertz CT molecular complexity index is 768. The highest BCUT2D eigenvalue weighted by atomic mass is 35.5. The molecule has 0 bridgehead atoms. The van der Waals surface area contributed by atoms with Crippen LogP contribution in [0.4, 0.5) is 20.2 Å². The highest BCUT2D eigenvalue weighted by Gasteiger charge is 2.14. The zero-order valence-corrected chi connectivity index (χ0v) is 13.6. The van der Waals surface area contributed by atoms with Crippen LogP contribution >= 0.6 is 11.6 Å². The minimum atomic E-state index is -0.580. The Morgan fingerprint density at radius 1 is 1.17 bits per heavy atom. The minimum absolute atomic E-state index is 0.00884. The molecule has 0 atom stereocenters. The summed E-state index contributed by atoms with van der Waals surface area (Å²) in [4.78, 5) is 25.0. The summed E-state index contributed by atoms with van der Waals surface area (Å²) in [6.07, 6.45) is -0.00884. The van der Waals surface area contributed by atoms with Crippen molar-refractivity contribution in [3.05, 3.63) is 59.1 Å². The minimum Gasteiger partial charge on any atom is -0.326 e. The Morgan fingerprint density at radius 2 is 1.92 bits per heavy atom. The van der Waals surface area contributed by atoms with Crippen molar-refractivity contribution < 1.29 is 18.4 Å². The average Bonchev–Trinajstić information content (AvgIpc) is 2.51. The van der Waals surface area contributed by atoms with Crippen LogP contribution in [0.25, 0.3) is 0 Å². The van der Waals surface area contributed by atoms with Crippen molar-refractivity contribution >= 4 is 34.8 Å². The second kappa shape index (κ2) is 7.88. The normalized spacial score (nSPS) is 10.3. The third-order valence-electron chi connectivity index (χ3n) is 3.27. The van der Waals surface area contributed by atoms with E-state index in [1.807, 2.05) is 0 Å². The van der Waals surface area contributed by atoms with Gasteiger partial charge in [-0.05, 0) is 36.4 Å². The maximum absolute atomic E-state index is 13.3. The molecule has 2 aromatic rings. The molecule has 0 radical (unpaired) electrons. The van der Waals surface area contributed by atoms with Gasteiger partial charge in [-0.3, -0.25) is 9.59 Å². The van der Waals surface area contributed by atoms with Crippen LogP contribution in [0.15, 0.2) is 42.5 Å². The number of anilines is 2. The Hall–Kier alpha value is -2.47. The van der Waals surface area contributed by atoms with Crippen molar-refractivity contribution in [2.45, 2.75) is 13.3 Å². The molecule has 0 aliphatic carbocycles. The van der Waals surface area contributed by atoms with Crippen molar-refractivity contribution in [1.29, 1.82) is 0 Å². The van der Waals surface area contributed by atoms with E-state index >= 15 is 0 Å². The van der Waals surface area contributed by atoms with Gasteiger partial charge in [0.15, 0.2) is 0 Å². The summed E-state index contributed by atoms with van der Waals surface area (Å²) in [5.41, 5.74) is 0.728. The van der Waals surface area contributed by atoms with E-state index in [0.29, 0.717) is 11.4 Å². The summed E-state index contributed by atoms with van der Waals surface area (Å²) in [6, 6.07) is 9.39. The SMILES string of the molecule is CC(=O)N(CCC(=O)Nc1ccc(F)c(Cl)c1)c1cccc(F)c1. The highest BCUT2D eigenvalue weighted by molar-refractivity contribution is 6.31. The number of rotatable bonds is 5. The van der Waals surface area contributed by atoms with Crippen LogP contribution in [-0.4, -0.2) is 18.4 Å². The number of nitrogens with zero attached hydrogens (tertiary/aromatic N) is 1. The molecule has 0 saturated heterocycles. The summed E-state index contributed by atoms with van der Waals surface area (Å²) in [7, 11) is 0. The zero-order chi connectivity index (χ0) is 17.7. The zero-order valence-electron chi connectivity index (χ0n) is 12.9. The number of halogens is 3. The molecule has 0 aromatic heterocycles. The molecule has 1 N–H and O–H groups in total. The lowest BCUT2D eigenvalue weighted by molar-refractivity contribution is -0.117. The standard InChI is InChI=1S/C17H15ClF2N2O2/c1-11(23)22(14-4-2-3-12(19)9-14)8-7-17(24)21-13-5-6-16(20)15(18)10-13/h2-6,9-10H,7-8H2,1H3,(H,21,24). The molecule has 2 rings (SSSR count). The van der Waals surface area contributed by atoms with Crippen molar-refractivity contribution in [3.8, 4) is 0 Å². The van der Waals surface area contributed by atoms with E-state index in [1.165, 1.54) is 42.2 Å². The number of carbonyl (C=O) groups excluding carboxylic acids is 2. The molecule has 24 heavy (non-hydrogen) atoms. The number of carbonyl (C=O) groups is 2. The van der Waals surface area contributed by atoms with Gasteiger partial charge in [0.25, 0.3) is 0 Å². The molecule has 0 aliphatic heterocycles. The molecular weight excluding hydrogens is 338 g/mol. The van der Waals surface area contributed by atoms with E-state index in [-0.39, 0.29) is 29.8 Å². The van der Waals surface area contributed by atoms with Crippen LogP contribution in [0.3, 0.4) is 0 Å². The smallest absolute Gasteiger partial charge is 0.226 e. The van der Waals surface area contributed by atoms with Crippen molar-refractivity contribution in [2.24, 2.45) is 0 Å². The molecule has 126 valence electrons. The fourth-order valence-corrected chi connectivity index (χ4v) is 2.30. The summed E-state index contributed by atoms with van der Waals surface area (Å²) in [6.45, 7) is 1.42. The van der Waals surface area contributed by atoms with E-state index < -0.39 is 11.6 Å². The van der Waals surface area contributed by atoms with Gasteiger partial charge in [0.05, 0.1) is 5.02 Å². The number of nitrogens with one attached hydrogen (secondary N) is 1. The van der Waals surface area contributed by atoms with Gasteiger partial charge >= 0.3 is 0 Å². The van der Waals surface area contributed by atoms with Gasteiger partial charge in [0, 0.05) is 31.3 Å². The van der Waals surface area contributed by atoms with Crippen LogP contribution in [0.2, 0.25) is 5.02 Å². The first-order valence-corrected chi connectivity index (χ1v) is 7.53. The van der Waals surface area contributed by atoms with E-state index in [4.69, 9.17) is 11.6 Å². The molecule has 0 aliphatic rings. The van der Waals surface area contributed by atoms with E-state index in [9.17, 15) is 18.4 Å². The van der Waals surface area contributed by atoms with Crippen molar-refractivity contribution in [3.63, 3.8) is 0 Å². The lowest BCUT2D eigenvalue weighted by Gasteiger charge is -2.21. The van der Waals surface area contributed by atoms with Gasteiger partial charge in [0.2, 0.25) is 11.8 Å². The molecule has 0 unspecified atom stereocenters. The fourth-order valence-electron chi connectivity index (χ4n) is 2.12. The van der Waals surface area contributed by atoms with Gasteiger partial charge in [0.1, 0.15) is 11.6 Å². The molecule has 0 fully saturated rings. The number of amides is 2. The van der Waals surface area contributed by atoms with Crippen LogP contribution in [0.1, 0.15) is 13.3 Å². The molecule has 0 heterocycles. The molecule has 7 heteroatoms. The highest BCUT2D eigenvalue weighted by Crippen LogP contribution is 2.20. The van der Waals surface area contributed by atoms with Gasteiger partial charge in [-0.1, -0.05) is 17.7 Å². The maximum atomic E-state index is 13.3. The molecule has 0 spiro atoms. The number of hydrogen-bond donors (Lipinski definition) is 1. The summed E-state index contributed by atoms with van der Waals surface area (Å²) >= 11 is 5.65. The third kappa shape index (κ3) is 4.76. The first-order valence-electron chi connectivity index (χ1n) is 7.15. The van der Waals surface area contributed by atoms with Gasteiger partial charge < -0.3 is 10.2 Å². The van der Waals surface area contributed by atoms with Crippen LogP contribution in [0.5, 0.6) is 0 Å². The number of hydrogen-bond acceptors (Lipinski definition) is 2. The first kappa shape index (κ1) is 17.9. The third-order valence-corrected chi connectivity index (χ3v) is 3.56. The summed E-state index contributed by atoms with van der Waals surface area (Å²) in [5.74, 6) is -1.73. The average molecular weight is 353 g/mol. The summed E-state index contributed by atoms with van der Waals surface area (Å²) in [5, 5.41) is 2.47. The Kier molecular flexibility index (Phi) is 5.87. The van der Waals surface area contributed by atoms with Crippen LogP contribution < -0.4 is 10.2 Å². The molecule has 0 saturated carbocycles. The van der Waals surface area contributed by atoms with Gasteiger partial charge in [-0.25, -0.2) is 8.78 Å². The predicted octanol–water partition coefficient (Wildman–Crippen LogP) is 4.00. The Morgan fingerprint density at radius 3 is 2.54 bits per heavy atom. The van der Waals surface area contributed by atoms with E-state index in [2.05, 4.69) is 5.32 Å². The Labute approximate surface area is 143 Å². The second-order valence-electron chi connectivity index (χ2n) is 5.08. The largest absolute Gasteiger partial charge is 0.326 e.